The summed E-state index contributed by atoms with van der Waals surface area (Å²) in [5, 5.41) is 0. The zero-order valence-corrected chi connectivity index (χ0v) is 13.7. The van der Waals surface area contributed by atoms with Crippen molar-refractivity contribution >= 4 is 25.8 Å². The van der Waals surface area contributed by atoms with Gasteiger partial charge in [-0.2, -0.15) is 0 Å². The summed E-state index contributed by atoms with van der Waals surface area (Å²) in [7, 11) is 1.55. The fourth-order valence-corrected chi connectivity index (χ4v) is 3.26. The van der Waals surface area contributed by atoms with Crippen molar-refractivity contribution in [3.05, 3.63) is 35.9 Å². The predicted molar refractivity (Wildman–Crippen MR) is 82.2 cm³/mol. The Morgan fingerprint density at radius 3 is 2.73 bits per heavy atom. The van der Waals surface area contributed by atoms with Crippen molar-refractivity contribution in [1.82, 2.24) is 4.90 Å². The maximum absolute atomic E-state index is 12.2. The van der Waals surface area contributed by atoms with Crippen LogP contribution in [0.15, 0.2) is 30.3 Å². The van der Waals surface area contributed by atoms with E-state index in [2.05, 4.69) is 0 Å². The lowest BCUT2D eigenvalue weighted by molar-refractivity contribution is -0.0449. The zero-order chi connectivity index (χ0) is 16.2. The molecule has 0 N–H and O–H groups in total. The van der Waals surface area contributed by atoms with Crippen LogP contribution in [0.4, 0.5) is 4.79 Å². The van der Waals surface area contributed by atoms with E-state index < -0.39 is 21.2 Å². The molecule has 0 aromatic heterocycles. The summed E-state index contributed by atoms with van der Waals surface area (Å²) < 4.78 is 32.9. The molecule has 0 saturated carbocycles. The van der Waals surface area contributed by atoms with Crippen molar-refractivity contribution in [2.75, 3.05) is 18.9 Å². The molecule has 8 heteroatoms. The minimum atomic E-state index is -3.68. The summed E-state index contributed by atoms with van der Waals surface area (Å²) in [4.78, 5) is 13.6. The van der Waals surface area contributed by atoms with E-state index in [1.165, 1.54) is 4.90 Å². The molecule has 0 aliphatic carbocycles. The van der Waals surface area contributed by atoms with Crippen LogP contribution in [0.3, 0.4) is 0 Å². The standard InChI is InChI=1S/C14H18ClNO5S/c1-11-8-20-13(10-22(15,18)19)7-16(11)14(17)21-9-12-5-3-2-4-6-12/h2-6,11,13H,7-10H2,1H3. The molecule has 0 bridgehead atoms. The average Bonchev–Trinajstić information content (AvgIpc) is 2.46. The van der Waals surface area contributed by atoms with E-state index in [1.54, 1.807) is 0 Å². The van der Waals surface area contributed by atoms with Crippen LogP contribution in [0.1, 0.15) is 12.5 Å². The van der Waals surface area contributed by atoms with Gasteiger partial charge in [-0.25, -0.2) is 13.2 Å². The molecule has 122 valence electrons. The molecule has 1 aromatic rings. The van der Waals surface area contributed by atoms with Crippen LogP contribution in [0.5, 0.6) is 0 Å². The summed E-state index contributed by atoms with van der Waals surface area (Å²) in [6.45, 7) is 2.37. The van der Waals surface area contributed by atoms with Gasteiger partial charge in [0.1, 0.15) is 6.61 Å². The van der Waals surface area contributed by atoms with E-state index in [0.717, 1.165) is 5.56 Å². The topological polar surface area (TPSA) is 72.9 Å². The molecule has 0 spiro atoms. The number of amides is 1. The Morgan fingerprint density at radius 1 is 1.41 bits per heavy atom. The Labute approximate surface area is 134 Å². The summed E-state index contributed by atoms with van der Waals surface area (Å²) in [5.74, 6) is -0.330. The molecule has 1 amide bonds. The number of ether oxygens (including phenoxy) is 2. The number of benzene rings is 1. The van der Waals surface area contributed by atoms with Crippen molar-refractivity contribution in [3.63, 3.8) is 0 Å². The van der Waals surface area contributed by atoms with E-state index >= 15 is 0 Å². The summed E-state index contributed by atoms with van der Waals surface area (Å²) in [6, 6.07) is 9.14. The van der Waals surface area contributed by atoms with Crippen LogP contribution in [0, 0.1) is 0 Å². The molecular formula is C14H18ClNO5S. The molecule has 0 radical (unpaired) electrons. The Kier molecular flexibility index (Phi) is 5.66. The first-order valence-electron chi connectivity index (χ1n) is 6.86. The highest BCUT2D eigenvalue weighted by Crippen LogP contribution is 2.16. The van der Waals surface area contributed by atoms with Crippen molar-refractivity contribution in [2.24, 2.45) is 0 Å². The van der Waals surface area contributed by atoms with E-state index in [-0.39, 0.29) is 31.6 Å². The van der Waals surface area contributed by atoms with Crippen molar-refractivity contribution < 1.29 is 22.7 Å². The maximum atomic E-state index is 12.2. The van der Waals surface area contributed by atoms with Crippen LogP contribution >= 0.6 is 10.7 Å². The van der Waals surface area contributed by atoms with Crippen LogP contribution in [-0.2, 0) is 25.1 Å². The number of carbonyl (C=O) groups excluding carboxylic acids is 1. The van der Waals surface area contributed by atoms with Gasteiger partial charge in [0, 0.05) is 10.7 Å². The maximum Gasteiger partial charge on any atom is 0.410 e. The first-order valence-corrected chi connectivity index (χ1v) is 9.34. The van der Waals surface area contributed by atoms with Crippen molar-refractivity contribution in [2.45, 2.75) is 25.7 Å². The van der Waals surface area contributed by atoms with Gasteiger partial charge in [-0.1, -0.05) is 30.3 Å². The molecule has 1 fully saturated rings. The van der Waals surface area contributed by atoms with Crippen LogP contribution in [0.25, 0.3) is 0 Å². The van der Waals surface area contributed by atoms with Crippen LogP contribution in [0.2, 0.25) is 0 Å². The lowest BCUT2D eigenvalue weighted by Crippen LogP contribution is -2.52. The summed E-state index contributed by atoms with van der Waals surface area (Å²) in [6.07, 6.45) is -1.13. The van der Waals surface area contributed by atoms with Gasteiger partial charge < -0.3 is 14.4 Å². The van der Waals surface area contributed by atoms with Gasteiger partial charge in [-0.3, -0.25) is 0 Å². The highest BCUT2D eigenvalue weighted by molar-refractivity contribution is 8.13. The number of halogens is 1. The third kappa shape index (κ3) is 5.15. The second-order valence-corrected chi connectivity index (χ2v) is 8.02. The smallest absolute Gasteiger partial charge is 0.410 e. The number of morpholine rings is 1. The van der Waals surface area contributed by atoms with Crippen molar-refractivity contribution in [3.8, 4) is 0 Å². The summed E-state index contributed by atoms with van der Waals surface area (Å²) >= 11 is 0. The first-order chi connectivity index (χ1) is 10.3. The second-order valence-electron chi connectivity index (χ2n) is 5.20. The molecule has 2 unspecified atom stereocenters. The molecule has 1 aromatic carbocycles. The highest BCUT2D eigenvalue weighted by Gasteiger charge is 2.32. The molecule has 2 rings (SSSR count). The second kappa shape index (κ2) is 7.30. The summed E-state index contributed by atoms with van der Waals surface area (Å²) in [5.41, 5.74) is 0.886. The number of hydrogen-bond donors (Lipinski definition) is 0. The van der Waals surface area contributed by atoms with Gasteiger partial charge in [-0.05, 0) is 12.5 Å². The van der Waals surface area contributed by atoms with Gasteiger partial charge in [0.25, 0.3) is 0 Å². The molecule has 1 aliphatic heterocycles. The molecule has 1 aliphatic rings. The van der Waals surface area contributed by atoms with Crippen LogP contribution < -0.4 is 0 Å². The zero-order valence-electron chi connectivity index (χ0n) is 12.1. The number of rotatable bonds is 4. The number of hydrogen-bond acceptors (Lipinski definition) is 5. The SMILES string of the molecule is CC1COC(CS(=O)(=O)Cl)CN1C(=O)OCc1ccccc1. The fraction of sp³-hybridized carbons (Fsp3) is 0.500. The first kappa shape index (κ1) is 17.1. The monoisotopic (exact) mass is 347 g/mol. The number of nitrogens with zero attached hydrogens (tertiary/aromatic N) is 1. The minimum absolute atomic E-state index is 0.140. The fourth-order valence-electron chi connectivity index (χ4n) is 2.20. The Bertz CT molecular complexity index is 607. The normalized spacial score (nSPS) is 22.4. The van der Waals surface area contributed by atoms with E-state index in [9.17, 15) is 13.2 Å². The lowest BCUT2D eigenvalue weighted by Gasteiger charge is -2.36. The van der Waals surface area contributed by atoms with Gasteiger partial charge in [0.2, 0.25) is 9.05 Å². The Morgan fingerprint density at radius 2 is 2.09 bits per heavy atom. The molecule has 6 nitrogen and oxygen atoms in total. The van der Waals surface area contributed by atoms with Gasteiger partial charge in [0.05, 0.1) is 31.1 Å². The van der Waals surface area contributed by atoms with E-state index in [0.29, 0.717) is 0 Å². The Hall–Kier alpha value is -1.31. The van der Waals surface area contributed by atoms with E-state index in [1.807, 2.05) is 37.3 Å². The lowest BCUT2D eigenvalue weighted by atomic mass is 10.2. The van der Waals surface area contributed by atoms with Gasteiger partial charge in [0.15, 0.2) is 0 Å². The minimum Gasteiger partial charge on any atom is -0.445 e. The van der Waals surface area contributed by atoms with Crippen molar-refractivity contribution in [1.29, 1.82) is 0 Å². The van der Waals surface area contributed by atoms with Gasteiger partial charge >= 0.3 is 6.09 Å². The largest absolute Gasteiger partial charge is 0.445 e. The number of carbonyl (C=O) groups is 1. The third-order valence-electron chi connectivity index (χ3n) is 3.33. The van der Waals surface area contributed by atoms with E-state index in [4.69, 9.17) is 20.2 Å². The third-order valence-corrected chi connectivity index (χ3v) is 4.48. The quantitative estimate of drug-likeness (QED) is 0.779. The molecule has 2 atom stereocenters. The predicted octanol–water partition coefficient (Wildman–Crippen LogP) is 1.98. The van der Waals surface area contributed by atoms with Crippen LogP contribution in [-0.4, -0.2) is 50.5 Å². The van der Waals surface area contributed by atoms with Gasteiger partial charge in [-0.15, -0.1) is 0 Å². The molecular weight excluding hydrogens is 330 g/mol. The highest BCUT2D eigenvalue weighted by atomic mass is 35.7. The molecule has 1 saturated heterocycles. The molecule has 22 heavy (non-hydrogen) atoms. The average molecular weight is 348 g/mol. The Balaban J connectivity index is 1.92. The molecule has 1 heterocycles.